The average Bonchev–Trinajstić information content (AvgIpc) is 0.732. The van der Waals surface area contributed by atoms with Crippen molar-refractivity contribution in [2.75, 3.05) is 202 Å². The second kappa shape index (κ2) is 40.1. The van der Waals surface area contributed by atoms with E-state index in [1.807, 2.05) is 0 Å². The lowest BCUT2D eigenvalue weighted by molar-refractivity contribution is 0.194. The molecule has 5 aromatic carbocycles. The van der Waals surface area contributed by atoms with E-state index >= 15 is 22.0 Å². The van der Waals surface area contributed by atoms with Crippen LogP contribution in [0.3, 0.4) is 0 Å². The molecule has 10 unspecified atom stereocenters. The molecule has 0 radical (unpaired) electrons. The van der Waals surface area contributed by atoms with Gasteiger partial charge < -0.3 is 71.8 Å². The van der Waals surface area contributed by atoms with Gasteiger partial charge in [0.25, 0.3) is 27.8 Å². The lowest BCUT2D eigenvalue weighted by Gasteiger charge is -2.53. The van der Waals surface area contributed by atoms with Crippen LogP contribution in [-0.4, -0.2) is 273 Å². The Bertz CT molecular complexity index is 7060. The van der Waals surface area contributed by atoms with Crippen molar-refractivity contribution >= 4 is 111 Å². The number of halogens is 10. The summed E-state index contributed by atoms with van der Waals surface area (Å²) in [6.45, 7) is 44.4. The number of aryl methyl sites for hydroxylation is 5. The molecule has 0 N–H and O–H groups in total. The van der Waals surface area contributed by atoms with E-state index in [0.717, 1.165) is 168 Å². The van der Waals surface area contributed by atoms with Crippen LogP contribution >= 0.6 is 0 Å². The van der Waals surface area contributed by atoms with Crippen LogP contribution in [0.25, 0.3) is 54.5 Å². The predicted molar refractivity (Wildman–Crippen MR) is 564 cm³/mol. The Morgan fingerprint density at radius 1 is 0.285 bits per heavy atom. The topological polar surface area (TPSA) is 159 Å². The third kappa shape index (κ3) is 17.6. The highest BCUT2D eigenvalue weighted by molar-refractivity contribution is 6.05. The van der Waals surface area contributed by atoms with Gasteiger partial charge in [0.05, 0.1) is 86.2 Å². The van der Waals surface area contributed by atoms with E-state index < -0.39 is 58.2 Å². The lowest BCUT2D eigenvalue weighted by atomic mass is 9.88. The van der Waals surface area contributed by atoms with Gasteiger partial charge in [-0.05, 0) is 193 Å². The van der Waals surface area contributed by atoms with Gasteiger partial charge >= 0.3 is 0 Å². The summed E-state index contributed by atoms with van der Waals surface area (Å²) in [6, 6.07) is 9.87. The Hall–Kier alpha value is -10.8. The third-order valence-electron chi connectivity index (χ3n) is 33.9. The van der Waals surface area contributed by atoms with Crippen LogP contribution < -0.4 is 76.8 Å². The van der Waals surface area contributed by atoms with Crippen molar-refractivity contribution in [1.29, 1.82) is 0 Å². The first kappa shape index (κ1) is 105. The van der Waals surface area contributed by atoms with E-state index in [2.05, 4.69) is 185 Å². The van der Waals surface area contributed by atoms with Gasteiger partial charge in [-0.3, -0.25) is 48.5 Å². The largest absolute Gasteiger partial charge is 0.363 e. The molecule has 144 heavy (non-hydrogen) atoms. The van der Waals surface area contributed by atoms with E-state index in [0.29, 0.717) is 108 Å². The number of piperazine rings is 5. The van der Waals surface area contributed by atoms with Crippen LogP contribution in [0.5, 0.6) is 0 Å². The fraction of sp³-hybridized carbons (Fsp3) is 0.587. The molecule has 0 bridgehead atoms. The minimum Gasteiger partial charge on any atom is -0.363 e. The molecule has 782 valence electrons. The van der Waals surface area contributed by atoms with Crippen LogP contribution in [-0.2, 0) is 35.2 Å². The number of likely N-dealkylation sites (N-methyl/N-ethyl adjacent to an activating group) is 5. The second-order valence-corrected chi connectivity index (χ2v) is 44.1. The fourth-order valence-electron chi connectivity index (χ4n) is 24.2. The number of rotatable bonds is 10. The van der Waals surface area contributed by atoms with Gasteiger partial charge in [-0.15, -0.1) is 0 Å². The molecule has 15 heterocycles. The monoisotopic (exact) mass is 2010 g/mol. The van der Waals surface area contributed by atoms with Gasteiger partial charge in [0.15, 0.2) is 29.1 Å². The molecule has 1 aliphatic carbocycles. The Kier molecular flexibility index (Phi) is 29.2. The normalized spacial score (nSPS) is 22.9. The molecule has 5 aromatic heterocycles. The summed E-state index contributed by atoms with van der Waals surface area (Å²) < 4.78 is 155. The highest BCUT2D eigenvalue weighted by Crippen LogP contribution is 2.51. The van der Waals surface area contributed by atoms with Crippen molar-refractivity contribution in [3.8, 4) is 0 Å². The van der Waals surface area contributed by atoms with Gasteiger partial charge in [-0.1, -0.05) is 34.1 Å². The molecule has 25 nitrogen and oxygen atoms in total. The number of aromatic nitrogens is 5. The predicted octanol–water partition coefficient (Wildman–Crippen LogP) is 15.5. The number of fused-ring (bicyclic) bond motifs is 25. The molecule has 35 heteroatoms. The highest BCUT2D eigenvalue weighted by atomic mass is 19.2. The standard InChI is InChI=1S/C23H32F2N4O.C22H28F2N4O.C22H30F2N4O.2C21H28F2N4O/c1-13(2)7-8-28-12-16-11-26(5)14(3)10-29(16)21-17-9-18(24)15(4)19(25)20(17)27(6)23(30)22(21)28;1-12-9-27-15(10-25(12)3)11-28(14-6-5-7-14)21-20(27)16-8-17(23)13(2)18(24)19(16)26(4)22(21)29;1-6-7-8-27-12-15-11-25(4)13(2)10-28(15)20-16-9-17(23)14(3)18(24)19(16)26(5)22(29)21(20)27;1-11(2)26-10-14-9-24(5)12(3)8-27(14)19-15-7-16(22)13(4)17(23)18(15)25(6)21(28)20(19)26;1-6-7-26-11-14-10-24(4)12(2)9-27(14)19-15-8-16(22)13(3)17(23)18(15)25(5)21(28)20(19)26/h9,13-14,16H,7-8,10-12H2,1-6H3;8,12,14-15H,5-7,9-11H2,1-4H3;9,13,15H,6-8,10-12H2,1-5H3;7,11-12,14H,8-10H2,1-6H3;8,12,14H,6-7,9-11H2,1-5H3. The maximum atomic E-state index is 15.1. The first-order chi connectivity index (χ1) is 68.0. The second-order valence-electron chi connectivity index (χ2n) is 44.1. The van der Waals surface area contributed by atoms with Crippen LogP contribution in [0, 0.1) is 98.7 Å². The van der Waals surface area contributed by atoms with E-state index in [9.17, 15) is 45.9 Å². The summed E-state index contributed by atoms with van der Waals surface area (Å²) in [5.74, 6) is -5.58. The maximum Gasteiger partial charge on any atom is 0.276 e. The van der Waals surface area contributed by atoms with E-state index in [1.54, 1.807) is 35.2 Å². The molecule has 0 amide bonds. The summed E-state index contributed by atoms with van der Waals surface area (Å²) in [7, 11) is 18.5. The van der Waals surface area contributed by atoms with Crippen molar-refractivity contribution in [3.05, 3.63) is 168 Å². The first-order valence-corrected chi connectivity index (χ1v) is 51.7. The van der Waals surface area contributed by atoms with Crippen molar-refractivity contribution in [3.63, 3.8) is 0 Å². The minimum absolute atomic E-state index is 0.0394. The van der Waals surface area contributed by atoms with Crippen LogP contribution in [0.4, 0.5) is 101 Å². The van der Waals surface area contributed by atoms with Gasteiger partial charge in [-0.2, -0.15) is 0 Å². The fourth-order valence-corrected chi connectivity index (χ4v) is 24.2. The Morgan fingerprint density at radius 2 is 0.528 bits per heavy atom. The van der Waals surface area contributed by atoms with Crippen LogP contribution in [0.15, 0.2) is 54.3 Å². The molecule has 10 atom stereocenters. The molecule has 10 aliphatic heterocycles. The molecular formula is C109H146F10N20O5. The summed E-state index contributed by atoms with van der Waals surface area (Å²) in [4.78, 5) is 100. The highest BCUT2D eigenvalue weighted by Gasteiger charge is 2.49. The number of hydrogen-bond acceptors (Lipinski definition) is 20. The SMILES string of the molecule is CCCCN1CC2CN(C)C(C)CN2c2c1c(=O)n(C)c1c(F)c(C)c(F)cc21.CCCN1CC2CN(C)C(C)CN2c2c1c(=O)n(C)c1c(F)c(C)c(F)cc21.Cc1c(F)cc2c3c(c(=O)n(C)c2c1F)N(C(C)C)CC1CN(C)C(C)CN31.Cc1c(F)cc2c3c(c(=O)n(C)c2c1F)N(C1CCC1)CC1CN(C)C(C)CN31.Cc1c(F)cc2c3c(c(=O)n(C)c2c1F)N(CCC(C)C)CC1CN(C)C(C)CN31. The molecule has 21 rings (SSSR count). The number of nitrogens with zero attached hydrogens (tertiary/aromatic N) is 20. The van der Waals surface area contributed by atoms with Gasteiger partial charge in [0, 0.05) is 250 Å². The Morgan fingerprint density at radius 3 is 0.792 bits per heavy atom. The summed E-state index contributed by atoms with van der Waals surface area (Å²) >= 11 is 0. The zero-order valence-corrected chi connectivity index (χ0v) is 88.8. The maximum absolute atomic E-state index is 15.1. The zero-order chi connectivity index (χ0) is 104. The molecular weight excluding hydrogens is 1860 g/mol. The molecule has 5 saturated heterocycles. The number of anilines is 10. The average molecular weight is 2010 g/mol. The first-order valence-electron chi connectivity index (χ1n) is 51.7. The van der Waals surface area contributed by atoms with Gasteiger partial charge in [-0.25, -0.2) is 43.9 Å². The van der Waals surface area contributed by atoms with Crippen LogP contribution in [0.1, 0.15) is 149 Å². The molecule has 10 aromatic rings. The van der Waals surface area contributed by atoms with Gasteiger partial charge in [0.2, 0.25) is 0 Å². The smallest absolute Gasteiger partial charge is 0.276 e. The Labute approximate surface area is 837 Å². The minimum atomic E-state index is -0.655. The number of benzene rings is 5. The lowest BCUT2D eigenvalue weighted by Crippen LogP contribution is -2.64. The summed E-state index contributed by atoms with van der Waals surface area (Å²) in [6.07, 6.45) is 7.14. The van der Waals surface area contributed by atoms with Crippen LogP contribution in [0.2, 0.25) is 0 Å². The van der Waals surface area contributed by atoms with E-state index in [-0.39, 0.29) is 132 Å². The van der Waals surface area contributed by atoms with Crippen molar-refractivity contribution < 1.29 is 43.9 Å². The number of hydrogen-bond donors (Lipinski definition) is 0. The molecule has 0 spiro atoms. The van der Waals surface area contributed by atoms with Crippen molar-refractivity contribution in [1.82, 2.24) is 47.3 Å². The summed E-state index contributed by atoms with van der Waals surface area (Å²) in [5, 5.41) is 2.45. The molecule has 11 aliphatic rings. The van der Waals surface area contributed by atoms with Crippen molar-refractivity contribution in [2.45, 2.75) is 228 Å². The van der Waals surface area contributed by atoms with E-state index in [4.69, 9.17) is 0 Å². The zero-order valence-electron chi connectivity index (χ0n) is 88.8. The quantitative estimate of drug-likeness (QED) is 0.119. The number of unbranched alkanes of at least 4 members (excludes halogenated alkanes) is 1. The molecule has 1 saturated carbocycles. The van der Waals surface area contributed by atoms with Gasteiger partial charge in [0.1, 0.15) is 57.5 Å². The Balaban J connectivity index is 0.000000123. The number of pyridine rings is 5. The van der Waals surface area contributed by atoms with Crippen molar-refractivity contribution in [2.24, 2.45) is 41.2 Å². The summed E-state index contributed by atoms with van der Waals surface area (Å²) in [5.41, 5.74) is 6.09. The molecule has 6 fully saturated rings. The third-order valence-corrected chi connectivity index (χ3v) is 33.9. The van der Waals surface area contributed by atoms with E-state index in [1.165, 1.54) is 87.8 Å².